The first-order valence-electron chi connectivity index (χ1n) is 12.1. The number of hydrogen-bond acceptors (Lipinski definition) is 0. The second-order valence-electron chi connectivity index (χ2n) is 9.43. The third-order valence-corrected chi connectivity index (χ3v) is 7.03. The van der Waals surface area contributed by atoms with E-state index in [0.717, 1.165) is 29.0 Å². The average Bonchev–Trinajstić information content (AvgIpc) is 2.80. The molecule has 0 spiro atoms. The fourth-order valence-electron chi connectivity index (χ4n) is 4.90. The van der Waals surface area contributed by atoms with Crippen LogP contribution < -0.4 is 0 Å². The minimum absolute atomic E-state index is 0.149. The third kappa shape index (κ3) is 5.45. The SMILES string of the molecule is CCCCCc1ccc(-c2ccc(-c3ccc(C4CCC(C)CC4)cc3)c(F)c2)cc1. The maximum absolute atomic E-state index is 15.0. The van der Waals surface area contributed by atoms with Crippen molar-refractivity contribution in [1.82, 2.24) is 0 Å². The highest BCUT2D eigenvalue weighted by Gasteiger charge is 2.19. The van der Waals surface area contributed by atoms with Crippen molar-refractivity contribution in [2.75, 3.05) is 0 Å². The summed E-state index contributed by atoms with van der Waals surface area (Å²) in [4.78, 5) is 0. The standard InChI is InChI=1S/C30H35F/c1-3-4-5-6-23-9-13-26(14-10-23)28-19-20-29(30(31)21-28)27-17-15-25(16-18-27)24-11-7-22(2)8-12-24/h9-10,13-22,24H,3-8,11-12H2,1-2H3. The van der Waals surface area contributed by atoms with E-state index in [-0.39, 0.29) is 5.82 Å². The van der Waals surface area contributed by atoms with Crippen LogP contribution in [0.15, 0.2) is 66.7 Å². The first-order chi connectivity index (χ1) is 15.1. The first kappa shape index (κ1) is 21.8. The van der Waals surface area contributed by atoms with Crippen molar-refractivity contribution < 1.29 is 4.39 Å². The highest BCUT2D eigenvalue weighted by molar-refractivity contribution is 5.71. The van der Waals surface area contributed by atoms with Gasteiger partial charge in [-0.15, -0.1) is 0 Å². The largest absolute Gasteiger partial charge is 0.206 e. The van der Waals surface area contributed by atoms with Crippen LogP contribution in [0.3, 0.4) is 0 Å². The van der Waals surface area contributed by atoms with Crippen molar-refractivity contribution >= 4 is 0 Å². The number of halogens is 1. The number of aryl methyl sites for hydroxylation is 1. The van der Waals surface area contributed by atoms with Crippen LogP contribution >= 0.6 is 0 Å². The zero-order valence-electron chi connectivity index (χ0n) is 19.0. The predicted octanol–water partition coefficient (Wildman–Crippen LogP) is 9.19. The smallest absolute Gasteiger partial charge is 0.131 e. The lowest BCUT2D eigenvalue weighted by Crippen LogP contribution is -2.10. The van der Waals surface area contributed by atoms with E-state index in [4.69, 9.17) is 0 Å². The quantitative estimate of drug-likeness (QED) is 0.338. The van der Waals surface area contributed by atoms with E-state index in [9.17, 15) is 0 Å². The zero-order valence-corrected chi connectivity index (χ0v) is 19.0. The van der Waals surface area contributed by atoms with Crippen LogP contribution in [-0.2, 0) is 6.42 Å². The van der Waals surface area contributed by atoms with E-state index in [1.807, 2.05) is 12.1 Å². The molecule has 0 aliphatic heterocycles. The Labute approximate surface area is 187 Å². The van der Waals surface area contributed by atoms with Crippen LogP contribution in [0, 0.1) is 11.7 Å². The van der Waals surface area contributed by atoms with Gasteiger partial charge in [0, 0.05) is 5.56 Å². The van der Waals surface area contributed by atoms with Gasteiger partial charge in [-0.25, -0.2) is 4.39 Å². The van der Waals surface area contributed by atoms with Gasteiger partial charge in [-0.1, -0.05) is 100 Å². The molecule has 1 aliphatic rings. The molecule has 4 rings (SSSR count). The molecule has 0 saturated heterocycles. The normalized spacial score (nSPS) is 18.8. The lowest BCUT2D eigenvalue weighted by molar-refractivity contribution is 0.348. The lowest BCUT2D eigenvalue weighted by Gasteiger charge is -2.26. The third-order valence-electron chi connectivity index (χ3n) is 7.03. The fourth-order valence-corrected chi connectivity index (χ4v) is 4.90. The average molecular weight is 415 g/mol. The summed E-state index contributed by atoms with van der Waals surface area (Å²) in [5, 5.41) is 0. The Bertz CT molecular complexity index is 960. The maximum atomic E-state index is 15.0. The summed E-state index contributed by atoms with van der Waals surface area (Å²) in [6, 6.07) is 22.9. The monoisotopic (exact) mass is 414 g/mol. The second kappa shape index (κ2) is 10.3. The molecular weight excluding hydrogens is 379 g/mol. The van der Waals surface area contributed by atoms with E-state index in [1.54, 1.807) is 6.07 Å². The zero-order chi connectivity index (χ0) is 21.6. The highest BCUT2D eigenvalue weighted by atomic mass is 19.1. The summed E-state index contributed by atoms with van der Waals surface area (Å²) >= 11 is 0. The maximum Gasteiger partial charge on any atom is 0.131 e. The molecule has 0 heterocycles. The molecule has 0 atom stereocenters. The fraction of sp³-hybridized carbons (Fsp3) is 0.400. The molecule has 0 nitrogen and oxygen atoms in total. The molecule has 0 unspecified atom stereocenters. The molecule has 1 aliphatic carbocycles. The van der Waals surface area contributed by atoms with Gasteiger partial charge in [0.2, 0.25) is 0 Å². The van der Waals surface area contributed by atoms with Gasteiger partial charge in [0.15, 0.2) is 0 Å². The van der Waals surface area contributed by atoms with Gasteiger partial charge < -0.3 is 0 Å². The highest BCUT2D eigenvalue weighted by Crippen LogP contribution is 2.36. The molecule has 0 aromatic heterocycles. The molecule has 162 valence electrons. The summed E-state index contributed by atoms with van der Waals surface area (Å²) in [6.07, 6.45) is 10.1. The molecule has 0 radical (unpaired) electrons. The van der Waals surface area contributed by atoms with Crippen LogP contribution in [0.25, 0.3) is 22.3 Å². The van der Waals surface area contributed by atoms with E-state index in [2.05, 4.69) is 62.4 Å². The Morgan fingerprint density at radius 3 is 2.03 bits per heavy atom. The molecule has 0 amide bonds. The molecule has 1 saturated carbocycles. The first-order valence-corrected chi connectivity index (χ1v) is 12.1. The Hall–Kier alpha value is -2.41. The van der Waals surface area contributed by atoms with Gasteiger partial charge in [0.1, 0.15) is 5.82 Å². The van der Waals surface area contributed by atoms with Gasteiger partial charge in [0.05, 0.1) is 0 Å². The van der Waals surface area contributed by atoms with Crippen molar-refractivity contribution in [2.45, 2.75) is 71.1 Å². The Balaban J connectivity index is 1.46. The Morgan fingerprint density at radius 1 is 0.742 bits per heavy atom. The van der Waals surface area contributed by atoms with Crippen molar-refractivity contribution in [3.63, 3.8) is 0 Å². The molecule has 1 heteroatoms. The number of hydrogen-bond donors (Lipinski definition) is 0. The minimum Gasteiger partial charge on any atom is -0.206 e. The van der Waals surface area contributed by atoms with Crippen LogP contribution in [0.4, 0.5) is 4.39 Å². The van der Waals surface area contributed by atoms with Crippen molar-refractivity contribution in [3.8, 4) is 22.3 Å². The van der Waals surface area contributed by atoms with Gasteiger partial charge >= 0.3 is 0 Å². The molecule has 0 bridgehead atoms. The van der Waals surface area contributed by atoms with Crippen LogP contribution in [0.1, 0.15) is 75.8 Å². The second-order valence-corrected chi connectivity index (χ2v) is 9.43. The van der Waals surface area contributed by atoms with E-state index in [0.29, 0.717) is 11.5 Å². The Morgan fingerprint density at radius 2 is 1.39 bits per heavy atom. The topological polar surface area (TPSA) is 0 Å². The molecule has 0 N–H and O–H groups in total. The predicted molar refractivity (Wildman–Crippen MR) is 131 cm³/mol. The Kier molecular flexibility index (Phi) is 7.22. The summed E-state index contributed by atoms with van der Waals surface area (Å²) in [6.45, 7) is 4.58. The van der Waals surface area contributed by atoms with E-state index in [1.165, 1.54) is 56.1 Å². The molecule has 31 heavy (non-hydrogen) atoms. The van der Waals surface area contributed by atoms with E-state index >= 15 is 4.39 Å². The summed E-state index contributed by atoms with van der Waals surface area (Å²) in [7, 11) is 0. The molecule has 3 aromatic carbocycles. The van der Waals surface area contributed by atoms with Crippen LogP contribution in [0.5, 0.6) is 0 Å². The van der Waals surface area contributed by atoms with Crippen LogP contribution in [-0.4, -0.2) is 0 Å². The molecule has 3 aromatic rings. The number of benzene rings is 3. The number of rotatable bonds is 7. The van der Waals surface area contributed by atoms with Crippen LogP contribution in [0.2, 0.25) is 0 Å². The minimum atomic E-state index is -0.149. The summed E-state index contributed by atoms with van der Waals surface area (Å²) < 4.78 is 15.0. The molecule has 1 fully saturated rings. The summed E-state index contributed by atoms with van der Waals surface area (Å²) in [5.74, 6) is 1.38. The summed E-state index contributed by atoms with van der Waals surface area (Å²) in [5.41, 5.74) is 6.43. The van der Waals surface area contributed by atoms with Gasteiger partial charge in [-0.05, 0) is 71.4 Å². The van der Waals surface area contributed by atoms with Gasteiger partial charge in [-0.2, -0.15) is 0 Å². The number of unbranched alkanes of at least 4 members (excludes halogenated alkanes) is 2. The van der Waals surface area contributed by atoms with Crippen molar-refractivity contribution in [3.05, 3.63) is 83.7 Å². The lowest BCUT2D eigenvalue weighted by atomic mass is 9.79. The van der Waals surface area contributed by atoms with Crippen molar-refractivity contribution in [1.29, 1.82) is 0 Å². The van der Waals surface area contributed by atoms with E-state index < -0.39 is 0 Å². The molecular formula is C30H35F. The van der Waals surface area contributed by atoms with Crippen molar-refractivity contribution in [2.24, 2.45) is 5.92 Å². The van der Waals surface area contributed by atoms with Gasteiger partial charge in [-0.3, -0.25) is 0 Å². The van der Waals surface area contributed by atoms with Gasteiger partial charge in [0.25, 0.3) is 0 Å².